The molecule has 3 heteroatoms. The number of Topliss-reactive ketones (excluding diaryl/α,β-unsaturated/α-hetero) is 1. The minimum atomic E-state index is -0.431. The molecule has 1 N–H and O–H groups in total. The van der Waals surface area contributed by atoms with Gasteiger partial charge in [0.25, 0.3) is 0 Å². The standard InChI is InChI=1S/C17H20O3/c1-11-14-6-5-12(10-13-4-3-9-20-13)16(19)17(14,2)8-7-15(11)18/h3-4,9-10,15,18H,5-8H2,1-2H3/b12-10+/t15?,17-/m0/s1. The van der Waals surface area contributed by atoms with Gasteiger partial charge in [0, 0.05) is 5.57 Å². The molecule has 20 heavy (non-hydrogen) atoms. The van der Waals surface area contributed by atoms with Gasteiger partial charge in [0.15, 0.2) is 5.78 Å². The fraction of sp³-hybridized carbons (Fsp3) is 0.471. The number of carbonyl (C=O) groups is 1. The molecule has 2 aliphatic rings. The average Bonchev–Trinajstić information content (AvgIpc) is 2.93. The first-order valence-corrected chi connectivity index (χ1v) is 7.19. The molecule has 0 aliphatic heterocycles. The van der Waals surface area contributed by atoms with Gasteiger partial charge in [0.05, 0.1) is 17.8 Å². The van der Waals surface area contributed by atoms with Crippen molar-refractivity contribution in [3.05, 3.63) is 40.9 Å². The van der Waals surface area contributed by atoms with E-state index in [0.29, 0.717) is 6.42 Å². The Labute approximate surface area is 119 Å². The third-order valence-corrected chi connectivity index (χ3v) is 4.86. The zero-order valence-corrected chi connectivity index (χ0v) is 12.0. The molecule has 1 saturated carbocycles. The smallest absolute Gasteiger partial charge is 0.168 e. The molecule has 0 spiro atoms. The molecule has 1 fully saturated rings. The fourth-order valence-electron chi connectivity index (χ4n) is 3.56. The Bertz CT molecular complexity index is 592. The number of aliphatic hydroxyl groups excluding tert-OH is 1. The summed E-state index contributed by atoms with van der Waals surface area (Å²) in [5, 5.41) is 9.99. The van der Waals surface area contributed by atoms with Crippen LogP contribution < -0.4 is 0 Å². The Morgan fingerprint density at radius 1 is 1.45 bits per heavy atom. The van der Waals surface area contributed by atoms with Gasteiger partial charge in [-0.25, -0.2) is 0 Å². The van der Waals surface area contributed by atoms with Crippen molar-refractivity contribution in [2.24, 2.45) is 5.41 Å². The van der Waals surface area contributed by atoms with Crippen LogP contribution in [0, 0.1) is 5.41 Å². The van der Waals surface area contributed by atoms with Crippen LogP contribution in [0.1, 0.15) is 45.3 Å². The summed E-state index contributed by atoms with van der Waals surface area (Å²) in [5.74, 6) is 0.929. The van der Waals surface area contributed by atoms with E-state index in [9.17, 15) is 9.90 Å². The van der Waals surface area contributed by atoms with Crippen molar-refractivity contribution in [2.75, 3.05) is 0 Å². The van der Waals surface area contributed by atoms with Gasteiger partial charge in [-0.2, -0.15) is 0 Å². The molecule has 0 aromatic carbocycles. The van der Waals surface area contributed by atoms with E-state index in [2.05, 4.69) is 0 Å². The number of hydrogen-bond acceptors (Lipinski definition) is 3. The molecule has 1 aromatic heterocycles. The largest absolute Gasteiger partial charge is 0.465 e. The van der Waals surface area contributed by atoms with E-state index in [1.807, 2.05) is 32.1 Å². The minimum Gasteiger partial charge on any atom is -0.465 e. The van der Waals surface area contributed by atoms with E-state index in [1.54, 1.807) is 6.26 Å². The molecule has 3 nitrogen and oxygen atoms in total. The summed E-state index contributed by atoms with van der Waals surface area (Å²) in [6.07, 6.45) is 6.10. The van der Waals surface area contributed by atoms with Gasteiger partial charge in [0.1, 0.15) is 5.76 Å². The highest BCUT2D eigenvalue weighted by atomic mass is 16.3. The van der Waals surface area contributed by atoms with Gasteiger partial charge in [-0.1, -0.05) is 5.57 Å². The molecule has 2 atom stereocenters. The summed E-state index contributed by atoms with van der Waals surface area (Å²) in [7, 11) is 0. The molecule has 2 aliphatic carbocycles. The molecular formula is C17H20O3. The predicted octanol–water partition coefficient (Wildman–Crippen LogP) is 3.50. The number of fused-ring (bicyclic) bond motifs is 1. The first kappa shape index (κ1) is 13.4. The molecule has 1 aromatic rings. The SMILES string of the molecule is CC1=C2CC/C(=C\c3ccco3)C(=O)[C@@]2(C)CCC1O. The second-order valence-electron chi connectivity index (χ2n) is 6.06. The van der Waals surface area contributed by atoms with E-state index in [4.69, 9.17) is 4.42 Å². The van der Waals surface area contributed by atoms with E-state index >= 15 is 0 Å². The maximum Gasteiger partial charge on any atom is 0.168 e. The summed E-state index contributed by atoms with van der Waals surface area (Å²) in [4.78, 5) is 12.8. The first-order valence-electron chi connectivity index (χ1n) is 7.19. The predicted molar refractivity (Wildman–Crippen MR) is 77.0 cm³/mol. The number of ketones is 1. The van der Waals surface area contributed by atoms with Crippen LogP contribution in [0.15, 0.2) is 39.5 Å². The lowest BCUT2D eigenvalue weighted by Gasteiger charge is -2.42. The second kappa shape index (κ2) is 4.74. The van der Waals surface area contributed by atoms with Crippen LogP contribution in [-0.2, 0) is 4.79 Å². The van der Waals surface area contributed by atoms with Crippen LogP contribution in [0.2, 0.25) is 0 Å². The van der Waals surface area contributed by atoms with Crippen LogP contribution in [0.3, 0.4) is 0 Å². The van der Waals surface area contributed by atoms with Crippen LogP contribution in [0.5, 0.6) is 0 Å². The van der Waals surface area contributed by atoms with Gasteiger partial charge >= 0.3 is 0 Å². The third-order valence-electron chi connectivity index (χ3n) is 4.86. The molecular weight excluding hydrogens is 252 g/mol. The zero-order valence-electron chi connectivity index (χ0n) is 12.0. The van der Waals surface area contributed by atoms with Crippen LogP contribution >= 0.6 is 0 Å². The van der Waals surface area contributed by atoms with E-state index in [-0.39, 0.29) is 11.9 Å². The lowest BCUT2D eigenvalue weighted by Crippen LogP contribution is -2.40. The van der Waals surface area contributed by atoms with Crippen molar-refractivity contribution in [3.63, 3.8) is 0 Å². The maximum absolute atomic E-state index is 12.8. The fourth-order valence-corrected chi connectivity index (χ4v) is 3.56. The zero-order chi connectivity index (χ0) is 14.3. The van der Waals surface area contributed by atoms with Gasteiger partial charge in [-0.05, 0) is 63.3 Å². The minimum absolute atomic E-state index is 0.196. The number of aliphatic hydroxyl groups is 1. The molecule has 0 amide bonds. The highest BCUT2D eigenvalue weighted by Crippen LogP contribution is 2.49. The van der Waals surface area contributed by atoms with Gasteiger partial charge < -0.3 is 9.52 Å². The van der Waals surface area contributed by atoms with E-state index in [0.717, 1.165) is 41.7 Å². The number of rotatable bonds is 1. The Hall–Kier alpha value is -1.61. The summed E-state index contributed by atoms with van der Waals surface area (Å²) < 4.78 is 5.31. The maximum atomic E-state index is 12.8. The lowest BCUT2D eigenvalue weighted by atomic mass is 9.61. The number of carbonyl (C=O) groups excluding carboxylic acids is 1. The first-order chi connectivity index (χ1) is 9.52. The number of furan rings is 1. The summed E-state index contributed by atoms with van der Waals surface area (Å²) in [6.45, 7) is 3.99. The van der Waals surface area contributed by atoms with Crippen LogP contribution in [0.25, 0.3) is 6.08 Å². The van der Waals surface area contributed by atoms with Crippen molar-refractivity contribution in [1.82, 2.24) is 0 Å². The van der Waals surface area contributed by atoms with E-state index in [1.165, 1.54) is 0 Å². The number of hydrogen-bond donors (Lipinski definition) is 1. The molecule has 106 valence electrons. The monoisotopic (exact) mass is 272 g/mol. The normalized spacial score (nSPS) is 32.6. The topological polar surface area (TPSA) is 50.4 Å². The molecule has 3 rings (SSSR count). The second-order valence-corrected chi connectivity index (χ2v) is 6.06. The molecule has 1 unspecified atom stereocenters. The van der Waals surface area contributed by atoms with Gasteiger partial charge in [-0.3, -0.25) is 4.79 Å². The van der Waals surface area contributed by atoms with Crippen molar-refractivity contribution in [2.45, 2.75) is 45.6 Å². The van der Waals surface area contributed by atoms with Crippen molar-refractivity contribution in [3.8, 4) is 0 Å². The molecule has 0 saturated heterocycles. The highest BCUT2D eigenvalue weighted by Gasteiger charge is 2.45. The molecule has 0 radical (unpaired) electrons. The Kier molecular flexibility index (Phi) is 3.17. The van der Waals surface area contributed by atoms with Crippen molar-refractivity contribution >= 4 is 11.9 Å². The van der Waals surface area contributed by atoms with Crippen molar-refractivity contribution < 1.29 is 14.3 Å². The summed E-state index contributed by atoms with van der Waals surface area (Å²) >= 11 is 0. The Morgan fingerprint density at radius 2 is 2.25 bits per heavy atom. The molecule has 0 bridgehead atoms. The highest BCUT2D eigenvalue weighted by molar-refractivity contribution is 6.06. The average molecular weight is 272 g/mol. The van der Waals surface area contributed by atoms with E-state index < -0.39 is 5.41 Å². The van der Waals surface area contributed by atoms with Crippen LogP contribution in [-0.4, -0.2) is 17.0 Å². The Morgan fingerprint density at radius 3 is 2.95 bits per heavy atom. The van der Waals surface area contributed by atoms with Crippen LogP contribution in [0.4, 0.5) is 0 Å². The quantitative estimate of drug-likeness (QED) is 0.628. The van der Waals surface area contributed by atoms with Gasteiger partial charge in [-0.15, -0.1) is 0 Å². The summed E-state index contributed by atoms with van der Waals surface area (Å²) in [6, 6.07) is 3.69. The Balaban J connectivity index is 1.99. The lowest BCUT2D eigenvalue weighted by molar-refractivity contribution is -0.124. The number of allylic oxidation sites excluding steroid dienone is 2. The van der Waals surface area contributed by atoms with Crippen molar-refractivity contribution in [1.29, 1.82) is 0 Å². The third kappa shape index (κ3) is 1.97. The van der Waals surface area contributed by atoms with Gasteiger partial charge in [0.2, 0.25) is 0 Å². The summed E-state index contributed by atoms with van der Waals surface area (Å²) in [5.41, 5.74) is 2.57. The molecule has 1 heterocycles.